The number of rotatable bonds is 1. The lowest BCUT2D eigenvalue weighted by Gasteiger charge is -1.99. The van der Waals surface area contributed by atoms with E-state index in [4.69, 9.17) is 0 Å². The molecule has 0 aliphatic rings. The molecule has 1 aromatic heterocycles. The second-order valence-electron chi connectivity index (χ2n) is 2.98. The van der Waals surface area contributed by atoms with Crippen LogP contribution in [-0.4, -0.2) is 9.97 Å². The molecule has 2 aromatic rings. The number of halogens is 1. The Balaban J connectivity index is 2.53. The molecule has 0 radical (unpaired) electrons. The van der Waals surface area contributed by atoms with Crippen LogP contribution in [-0.2, 0) is 0 Å². The van der Waals surface area contributed by atoms with Gasteiger partial charge in [0.2, 0.25) is 0 Å². The van der Waals surface area contributed by atoms with Gasteiger partial charge < -0.3 is 4.98 Å². The van der Waals surface area contributed by atoms with Crippen LogP contribution in [0, 0.1) is 12.7 Å². The highest BCUT2D eigenvalue weighted by molar-refractivity contribution is 5.59. The Kier molecular flexibility index (Phi) is 1.85. The van der Waals surface area contributed by atoms with Gasteiger partial charge in [-0.3, -0.25) is 0 Å². The molecule has 66 valence electrons. The van der Waals surface area contributed by atoms with Crippen molar-refractivity contribution in [2.24, 2.45) is 0 Å². The highest BCUT2D eigenvalue weighted by Gasteiger charge is 2.01. The molecule has 0 unspecified atom stereocenters. The summed E-state index contributed by atoms with van der Waals surface area (Å²) in [6.45, 7) is 1.86. The van der Waals surface area contributed by atoms with Crippen LogP contribution in [0.2, 0.25) is 0 Å². The van der Waals surface area contributed by atoms with Crippen molar-refractivity contribution >= 4 is 0 Å². The number of hydrogen-bond acceptors (Lipinski definition) is 1. The number of aryl methyl sites for hydroxylation is 1. The lowest BCUT2D eigenvalue weighted by Crippen LogP contribution is -1.82. The summed E-state index contributed by atoms with van der Waals surface area (Å²) < 4.78 is 13.0. The van der Waals surface area contributed by atoms with Gasteiger partial charge in [0.15, 0.2) is 0 Å². The zero-order chi connectivity index (χ0) is 9.26. The fourth-order valence-electron chi connectivity index (χ4n) is 1.31. The number of nitrogens with zero attached hydrogens (tertiary/aromatic N) is 1. The molecule has 13 heavy (non-hydrogen) atoms. The molecule has 1 N–H and O–H groups in total. The van der Waals surface area contributed by atoms with Gasteiger partial charge in [0.25, 0.3) is 0 Å². The molecule has 1 aromatic carbocycles. The van der Waals surface area contributed by atoms with Crippen molar-refractivity contribution in [1.82, 2.24) is 9.97 Å². The van der Waals surface area contributed by atoms with E-state index in [1.165, 1.54) is 12.1 Å². The third kappa shape index (κ3) is 1.59. The predicted molar refractivity (Wildman–Crippen MR) is 48.7 cm³/mol. The largest absolute Gasteiger partial charge is 0.345 e. The maximum Gasteiger partial charge on any atom is 0.124 e. The first-order valence-electron chi connectivity index (χ1n) is 4.01. The zero-order valence-electron chi connectivity index (χ0n) is 7.21. The molecule has 0 amide bonds. The third-order valence-corrected chi connectivity index (χ3v) is 1.85. The molecular formula is C10H9FN2. The second-order valence-corrected chi connectivity index (χ2v) is 2.98. The van der Waals surface area contributed by atoms with E-state index in [1.54, 1.807) is 12.5 Å². The summed E-state index contributed by atoms with van der Waals surface area (Å²) >= 11 is 0. The summed E-state index contributed by atoms with van der Waals surface area (Å²) in [4.78, 5) is 6.81. The van der Waals surface area contributed by atoms with Crippen molar-refractivity contribution < 1.29 is 4.39 Å². The summed E-state index contributed by atoms with van der Waals surface area (Å²) in [7, 11) is 0. The molecule has 0 fully saturated rings. The minimum atomic E-state index is -0.218. The summed E-state index contributed by atoms with van der Waals surface area (Å²) in [5.41, 5.74) is 2.57. The van der Waals surface area contributed by atoms with E-state index in [2.05, 4.69) is 9.97 Å². The number of H-pyrrole nitrogens is 1. The van der Waals surface area contributed by atoms with Crippen molar-refractivity contribution in [3.8, 4) is 11.3 Å². The van der Waals surface area contributed by atoms with Crippen LogP contribution in [0.5, 0.6) is 0 Å². The van der Waals surface area contributed by atoms with Gasteiger partial charge in [0, 0.05) is 5.56 Å². The SMILES string of the molecule is Cc1cc(F)cc(-c2cnc[nH]2)c1. The van der Waals surface area contributed by atoms with Crippen LogP contribution in [0.15, 0.2) is 30.7 Å². The quantitative estimate of drug-likeness (QED) is 0.710. The van der Waals surface area contributed by atoms with E-state index in [-0.39, 0.29) is 5.82 Å². The van der Waals surface area contributed by atoms with Gasteiger partial charge in [-0.1, -0.05) is 0 Å². The molecule has 0 aliphatic heterocycles. The summed E-state index contributed by atoms with van der Waals surface area (Å²) in [5.74, 6) is -0.218. The molecule has 2 nitrogen and oxygen atoms in total. The van der Waals surface area contributed by atoms with E-state index in [0.29, 0.717) is 0 Å². The summed E-state index contributed by atoms with van der Waals surface area (Å²) in [6, 6.07) is 4.90. The van der Waals surface area contributed by atoms with E-state index in [9.17, 15) is 4.39 Å². The van der Waals surface area contributed by atoms with E-state index < -0.39 is 0 Å². The molecule has 3 heteroatoms. The molecule has 0 bridgehead atoms. The van der Waals surface area contributed by atoms with Gasteiger partial charge in [-0.05, 0) is 30.7 Å². The first-order chi connectivity index (χ1) is 6.25. The van der Waals surface area contributed by atoms with Crippen LogP contribution in [0.1, 0.15) is 5.56 Å². The maximum atomic E-state index is 13.0. The number of hydrogen-bond donors (Lipinski definition) is 1. The van der Waals surface area contributed by atoms with E-state index in [1.807, 2.05) is 13.0 Å². The summed E-state index contributed by atoms with van der Waals surface area (Å²) in [6.07, 6.45) is 3.25. The van der Waals surface area contributed by atoms with Gasteiger partial charge in [-0.25, -0.2) is 9.37 Å². The monoisotopic (exact) mass is 176 g/mol. The molecule has 0 spiro atoms. The Morgan fingerprint density at radius 2 is 2.15 bits per heavy atom. The van der Waals surface area contributed by atoms with Crippen molar-refractivity contribution in [3.05, 3.63) is 42.1 Å². The molecule has 0 saturated carbocycles. The fraction of sp³-hybridized carbons (Fsp3) is 0.100. The summed E-state index contributed by atoms with van der Waals surface area (Å²) in [5, 5.41) is 0. The minimum Gasteiger partial charge on any atom is -0.345 e. The van der Waals surface area contributed by atoms with Crippen LogP contribution < -0.4 is 0 Å². The van der Waals surface area contributed by atoms with Crippen molar-refractivity contribution in [2.75, 3.05) is 0 Å². The van der Waals surface area contributed by atoms with Gasteiger partial charge in [0.05, 0.1) is 18.2 Å². The van der Waals surface area contributed by atoms with E-state index in [0.717, 1.165) is 16.8 Å². The first kappa shape index (κ1) is 7.98. The normalized spacial score (nSPS) is 10.3. The fourth-order valence-corrected chi connectivity index (χ4v) is 1.31. The molecule has 0 atom stereocenters. The van der Waals surface area contributed by atoms with Crippen LogP contribution in [0.4, 0.5) is 4.39 Å². The van der Waals surface area contributed by atoms with Crippen LogP contribution in [0.25, 0.3) is 11.3 Å². The standard InChI is InChI=1S/C10H9FN2/c1-7-2-8(4-9(11)3-7)10-5-12-6-13-10/h2-6H,1H3,(H,12,13). The molecule has 2 rings (SSSR count). The number of nitrogens with one attached hydrogen (secondary N) is 1. The number of aromatic nitrogens is 2. The van der Waals surface area contributed by atoms with Gasteiger partial charge in [0.1, 0.15) is 5.82 Å². The minimum absolute atomic E-state index is 0.218. The highest BCUT2D eigenvalue weighted by Crippen LogP contribution is 2.18. The molecule has 1 heterocycles. The first-order valence-corrected chi connectivity index (χ1v) is 4.01. The van der Waals surface area contributed by atoms with Gasteiger partial charge >= 0.3 is 0 Å². The number of benzene rings is 1. The number of aromatic amines is 1. The predicted octanol–water partition coefficient (Wildman–Crippen LogP) is 2.52. The Bertz CT molecular complexity index is 387. The van der Waals surface area contributed by atoms with Crippen LogP contribution in [0.3, 0.4) is 0 Å². The molecular weight excluding hydrogens is 167 g/mol. The third-order valence-electron chi connectivity index (χ3n) is 1.85. The van der Waals surface area contributed by atoms with Gasteiger partial charge in [-0.2, -0.15) is 0 Å². The number of imidazole rings is 1. The zero-order valence-corrected chi connectivity index (χ0v) is 7.21. The van der Waals surface area contributed by atoms with Crippen molar-refractivity contribution in [2.45, 2.75) is 6.92 Å². The van der Waals surface area contributed by atoms with Gasteiger partial charge in [-0.15, -0.1) is 0 Å². The average Bonchev–Trinajstić information content (AvgIpc) is 2.53. The smallest absolute Gasteiger partial charge is 0.124 e. The Hall–Kier alpha value is -1.64. The van der Waals surface area contributed by atoms with Crippen LogP contribution >= 0.6 is 0 Å². The maximum absolute atomic E-state index is 13.0. The van der Waals surface area contributed by atoms with Crippen molar-refractivity contribution in [1.29, 1.82) is 0 Å². The molecule has 0 aliphatic carbocycles. The second kappa shape index (κ2) is 3.01. The highest BCUT2D eigenvalue weighted by atomic mass is 19.1. The Morgan fingerprint density at radius 3 is 2.77 bits per heavy atom. The lowest BCUT2D eigenvalue weighted by molar-refractivity contribution is 0.627. The van der Waals surface area contributed by atoms with E-state index >= 15 is 0 Å². The Morgan fingerprint density at radius 1 is 1.31 bits per heavy atom. The molecule has 0 saturated heterocycles. The average molecular weight is 176 g/mol. The topological polar surface area (TPSA) is 28.7 Å². The Labute approximate surface area is 75.4 Å². The van der Waals surface area contributed by atoms with Crippen molar-refractivity contribution in [3.63, 3.8) is 0 Å². The lowest BCUT2D eigenvalue weighted by atomic mass is 10.1.